The molecule has 0 radical (unpaired) electrons. The minimum absolute atomic E-state index is 0.293. The third kappa shape index (κ3) is 7.75. The highest BCUT2D eigenvalue weighted by Gasteiger charge is 2.45. The van der Waals surface area contributed by atoms with Crippen LogP contribution in [0.25, 0.3) is 11.1 Å². The molecule has 6 nitrogen and oxygen atoms in total. The first-order valence-electron chi connectivity index (χ1n) is 15.4. The zero-order valence-electron chi connectivity index (χ0n) is 26.8. The van der Waals surface area contributed by atoms with Gasteiger partial charge in [-0.05, 0) is 77.6 Å². The summed E-state index contributed by atoms with van der Waals surface area (Å²) in [5, 5.41) is 8.78. The van der Waals surface area contributed by atoms with E-state index in [9.17, 15) is 4.79 Å². The maximum absolute atomic E-state index is 10.7. The van der Waals surface area contributed by atoms with Crippen LogP contribution in [0.15, 0.2) is 120 Å². The lowest BCUT2D eigenvalue weighted by molar-refractivity contribution is -0.140. The molecule has 0 bridgehead atoms. The number of allylic oxidation sites excluding steroid dienone is 2. The summed E-state index contributed by atoms with van der Waals surface area (Å²) in [6.45, 7) is 8.27. The summed E-state index contributed by atoms with van der Waals surface area (Å²) in [7, 11) is 0. The molecule has 0 fully saturated rings. The number of carboxylic acids is 1. The summed E-state index contributed by atoms with van der Waals surface area (Å²) in [5.41, 5.74) is 8.06. The number of hydrogen-bond donors (Lipinski definition) is 1. The van der Waals surface area contributed by atoms with Gasteiger partial charge in [-0.25, -0.2) is 4.79 Å². The van der Waals surface area contributed by atoms with Crippen molar-refractivity contribution >= 4 is 17.6 Å². The molecule has 4 aromatic carbocycles. The fourth-order valence-corrected chi connectivity index (χ4v) is 5.61. The van der Waals surface area contributed by atoms with Crippen LogP contribution in [0.5, 0.6) is 11.5 Å². The van der Waals surface area contributed by atoms with Crippen LogP contribution in [0.4, 0.5) is 0 Å². The fraction of sp³-hybridized carbons (Fsp3) is 0.256. The number of ether oxygens (including phenoxy) is 4. The number of carboxylic acid groups (broad SMARTS) is 1. The number of hydrogen-bond acceptors (Lipinski definition) is 5. The van der Waals surface area contributed by atoms with Crippen LogP contribution >= 0.6 is 11.6 Å². The van der Waals surface area contributed by atoms with Gasteiger partial charge >= 0.3 is 5.97 Å². The second-order valence-electron chi connectivity index (χ2n) is 10.8. The van der Waals surface area contributed by atoms with Gasteiger partial charge in [-0.1, -0.05) is 105 Å². The number of fused-ring (bicyclic) bond motifs is 3. The fourth-order valence-electron chi connectivity index (χ4n) is 5.53. The Bertz CT molecular complexity index is 1590. The summed E-state index contributed by atoms with van der Waals surface area (Å²) >= 11 is 5.65. The number of aliphatic carboxylic acids is 1. The zero-order valence-corrected chi connectivity index (χ0v) is 27.6. The molecule has 0 saturated heterocycles. The van der Waals surface area contributed by atoms with E-state index in [1.807, 2.05) is 24.3 Å². The van der Waals surface area contributed by atoms with Gasteiger partial charge in [0.05, 0.1) is 5.41 Å². The van der Waals surface area contributed by atoms with Crippen molar-refractivity contribution in [1.82, 2.24) is 0 Å². The van der Waals surface area contributed by atoms with Crippen molar-refractivity contribution in [2.24, 2.45) is 0 Å². The second-order valence-corrected chi connectivity index (χ2v) is 11.0. The molecule has 0 amide bonds. The van der Waals surface area contributed by atoms with Gasteiger partial charge in [0.1, 0.15) is 42.8 Å². The Labute approximate surface area is 276 Å². The molecule has 0 unspecified atom stereocenters. The van der Waals surface area contributed by atoms with E-state index in [0.29, 0.717) is 31.3 Å². The first-order valence-corrected chi connectivity index (χ1v) is 15.9. The van der Waals surface area contributed by atoms with Crippen LogP contribution in [0.3, 0.4) is 0 Å². The smallest absolute Gasteiger partial charge is 0.341 e. The molecule has 0 heterocycles. The predicted octanol–water partition coefficient (Wildman–Crippen LogP) is 9.35. The van der Waals surface area contributed by atoms with Crippen molar-refractivity contribution in [3.63, 3.8) is 0 Å². The van der Waals surface area contributed by atoms with E-state index in [0.717, 1.165) is 22.6 Å². The van der Waals surface area contributed by atoms with E-state index in [1.54, 1.807) is 19.9 Å². The SMILES string of the molecule is CC(OCCOc1ccc(C2(c3ccc(OC/C=C/Cl)cc3)c3ccccc3-c3ccccc32)cc1)=C(C)OCC(=O)O.CCC. The molecule has 46 heavy (non-hydrogen) atoms. The maximum Gasteiger partial charge on any atom is 0.341 e. The van der Waals surface area contributed by atoms with Crippen LogP contribution in [-0.4, -0.2) is 37.5 Å². The van der Waals surface area contributed by atoms with Crippen molar-refractivity contribution in [3.8, 4) is 22.6 Å². The summed E-state index contributed by atoms with van der Waals surface area (Å²) in [5.74, 6) is 1.41. The average molecular weight is 641 g/mol. The Morgan fingerprint density at radius 2 is 1.20 bits per heavy atom. The predicted molar refractivity (Wildman–Crippen MR) is 184 cm³/mol. The molecule has 240 valence electrons. The molecule has 0 saturated carbocycles. The van der Waals surface area contributed by atoms with Gasteiger partial charge in [0.15, 0.2) is 6.61 Å². The van der Waals surface area contributed by atoms with E-state index in [1.165, 1.54) is 34.2 Å². The number of carbonyl (C=O) groups is 1. The molecule has 0 atom stereocenters. The highest BCUT2D eigenvalue weighted by Crippen LogP contribution is 2.56. The first kappa shape index (κ1) is 34.2. The lowest BCUT2D eigenvalue weighted by Crippen LogP contribution is -2.28. The third-order valence-corrected chi connectivity index (χ3v) is 7.72. The Hall–Kier alpha value is -4.68. The molecule has 1 N–H and O–H groups in total. The van der Waals surface area contributed by atoms with Crippen LogP contribution in [0.1, 0.15) is 56.4 Å². The Morgan fingerprint density at radius 1 is 0.717 bits per heavy atom. The molecule has 0 aliphatic heterocycles. The van der Waals surface area contributed by atoms with Crippen LogP contribution < -0.4 is 9.47 Å². The van der Waals surface area contributed by atoms with Crippen molar-refractivity contribution in [3.05, 3.63) is 142 Å². The van der Waals surface area contributed by atoms with Crippen molar-refractivity contribution in [2.75, 3.05) is 26.4 Å². The van der Waals surface area contributed by atoms with Gasteiger partial charge < -0.3 is 24.1 Å². The van der Waals surface area contributed by atoms with Crippen molar-refractivity contribution < 1.29 is 28.8 Å². The van der Waals surface area contributed by atoms with Crippen molar-refractivity contribution in [1.29, 1.82) is 0 Å². The number of halogens is 1. The maximum atomic E-state index is 10.7. The standard InChI is InChI=1S/C36H33ClO6.C3H8/c1-25(26(2)43-24-35(38)39)40-22-23-42-30-18-14-28(15-19-30)36(27-12-16-29(17-13-27)41-21-7-20-37)33-10-5-3-8-31(33)32-9-4-6-11-34(32)36;1-3-2/h3-20H,21-24H2,1-2H3,(H,38,39);3H2,1-2H3/b20-7+,26-25?;. The van der Waals surface area contributed by atoms with Gasteiger partial charge in [0.2, 0.25) is 0 Å². The third-order valence-electron chi connectivity index (χ3n) is 7.54. The number of rotatable bonds is 13. The topological polar surface area (TPSA) is 74.2 Å². The van der Waals surface area contributed by atoms with Crippen molar-refractivity contribution in [2.45, 2.75) is 39.5 Å². The molecule has 7 heteroatoms. The molecule has 1 aliphatic carbocycles. The molecule has 0 aromatic heterocycles. The summed E-state index contributed by atoms with van der Waals surface area (Å²) in [6.07, 6.45) is 3.01. The molecule has 5 rings (SSSR count). The Morgan fingerprint density at radius 3 is 1.70 bits per heavy atom. The van der Waals surface area contributed by atoms with Gasteiger partial charge in [0.25, 0.3) is 0 Å². The monoisotopic (exact) mass is 640 g/mol. The Kier molecular flexibility index (Phi) is 12.3. The normalized spacial score (nSPS) is 13.1. The minimum atomic E-state index is -1.04. The molecule has 4 aromatic rings. The van der Waals surface area contributed by atoms with E-state index in [-0.39, 0.29) is 0 Å². The molecular weight excluding hydrogens is 600 g/mol. The summed E-state index contributed by atoms with van der Waals surface area (Å²) < 4.78 is 22.6. The van der Waals surface area contributed by atoms with E-state index < -0.39 is 18.0 Å². The highest BCUT2D eigenvalue weighted by atomic mass is 35.5. The van der Waals surface area contributed by atoms with Gasteiger partial charge in [-0.15, -0.1) is 0 Å². The summed E-state index contributed by atoms with van der Waals surface area (Å²) in [4.78, 5) is 10.7. The molecule has 0 spiro atoms. The second kappa shape index (κ2) is 16.6. The first-order chi connectivity index (χ1) is 22.4. The van der Waals surface area contributed by atoms with E-state index >= 15 is 0 Å². The van der Waals surface area contributed by atoms with Crippen LogP contribution in [0.2, 0.25) is 0 Å². The number of benzene rings is 4. The quantitative estimate of drug-likeness (QED) is 0.102. The van der Waals surface area contributed by atoms with Gasteiger partial charge in [-0.2, -0.15) is 0 Å². The molecular formula is C39H41ClO6. The lowest BCUT2D eigenvalue weighted by atomic mass is 9.68. The summed E-state index contributed by atoms with van der Waals surface area (Å²) in [6, 6.07) is 33.7. The van der Waals surface area contributed by atoms with Crippen LogP contribution in [-0.2, 0) is 19.7 Å². The van der Waals surface area contributed by atoms with Gasteiger partial charge in [-0.3, -0.25) is 0 Å². The lowest BCUT2D eigenvalue weighted by Gasteiger charge is -2.34. The zero-order chi connectivity index (χ0) is 32.9. The largest absolute Gasteiger partial charge is 0.491 e. The average Bonchev–Trinajstić information content (AvgIpc) is 3.38. The highest BCUT2D eigenvalue weighted by molar-refractivity contribution is 6.25. The molecule has 1 aliphatic rings. The van der Waals surface area contributed by atoms with Crippen LogP contribution in [0, 0.1) is 0 Å². The Balaban J connectivity index is 0.00000154. The van der Waals surface area contributed by atoms with E-state index in [4.69, 9.17) is 35.7 Å². The van der Waals surface area contributed by atoms with E-state index in [2.05, 4.69) is 86.6 Å². The van der Waals surface area contributed by atoms with Gasteiger partial charge in [0, 0.05) is 5.54 Å². The minimum Gasteiger partial charge on any atom is -0.491 e.